The van der Waals surface area contributed by atoms with Gasteiger partial charge in [-0.1, -0.05) is 55.8 Å². The van der Waals surface area contributed by atoms with Gasteiger partial charge in [0.25, 0.3) is 0 Å². The van der Waals surface area contributed by atoms with Crippen molar-refractivity contribution in [1.29, 1.82) is 0 Å². The highest BCUT2D eigenvalue weighted by Gasteiger charge is 2.27. The fraction of sp³-hybridized carbons (Fsp3) is 0.464. The molecule has 0 spiro atoms. The topological polar surface area (TPSA) is 96.6 Å². The molecule has 0 atom stereocenters. The number of hydrogen-bond donors (Lipinski definition) is 2. The summed E-state index contributed by atoms with van der Waals surface area (Å²) in [6.45, 7) is 8.84. The van der Waals surface area contributed by atoms with Crippen LogP contribution in [0.3, 0.4) is 0 Å². The first-order chi connectivity index (χ1) is 17.6. The van der Waals surface area contributed by atoms with Crippen LogP contribution in [0.25, 0.3) is 0 Å². The molecule has 2 aliphatic rings. The van der Waals surface area contributed by atoms with E-state index in [4.69, 9.17) is 10.5 Å². The number of benzene rings is 1. The predicted octanol–water partition coefficient (Wildman–Crippen LogP) is 4.34. The molecule has 4 rings (SSSR count). The second-order valence-electron chi connectivity index (χ2n) is 9.47. The molecule has 0 unspecified atom stereocenters. The first-order valence-electron chi connectivity index (χ1n) is 13.0. The van der Waals surface area contributed by atoms with Crippen LogP contribution in [-0.4, -0.2) is 53.6 Å². The lowest BCUT2D eigenvalue weighted by Crippen LogP contribution is -2.40. The second-order valence-corrected chi connectivity index (χ2v) is 9.47. The summed E-state index contributed by atoms with van der Waals surface area (Å²) < 4.78 is 5.69. The molecule has 192 valence electrons. The molecule has 1 amide bonds. The van der Waals surface area contributed by atoms with Crippen molar-refractivity contribution in [1.82, 2.24) is 14.9 Å². The molecule has 36 heavy (non-hydrogen) atoms. The highest BCUT2D eigenvalue weighted by molar-refractivity contribution is 6.03. The molecule has 8 heteroatoms. The molecule has 1 aromatic heterocycles. The molecule has 1 aromatic carbocycles. The van der Waals surface area contributed by atoms with E-state index in [2.05, 4.69) is 69.6 Å². The number of carbonyl (C=O) groups is 1. The van der Waals surface area contributed by atoms with Crippen LogP contribution in [0.2, 0.25) is 0 Å². The largest absolute Gasteiger partial charge is 0.463 e. The van der Waals surface area contributed by atoms with Gasteiger partial charge in [-0.15, -0.1) is 0 Å². The van der Waals surface area contributed by atoms with E-state index in [0.29, 0.717) is 24.7 Å². The Bertz CT molecular complexity index is 1090. The van der Waals surface area contributed by atoms with Gasteiger partial charge in [0.15, 0.2) is 11.6 Å². The van der Waals surface area contributed by atoms with Gasteiger partial charge in [0.1, 0.15) is 5.69 Å². The predicted molar refractivity (Wildman–Crippen MR) is 145 cm³/mol. The maximum absolute atomic E-state index is 12.4. The third-order valence-electron chi connectivity index (χ3n) is 6.58. The number of hydrogen-bond acceptors (Lipinski definition) is 7. The summed E-state index contributed by atoms with van der Waals surface area (Å²) in [7, 11) is 0. The van der Waals surface area contributed by atoms with Crippen molar-refractivity contribution in [2.45, 2.75) is 52.5 Å². The number of nitrogens with two attached hydrogens (primary N) is 1. The van der Waals surface area contributed by atoms with Gasteiger partial charge in [-0.2, -0.15) is 9.97 Å². The second kappa shape index (κ2) is 12.5. The lowest BCUT2D eigenvalue weighted by molar-refractivity contribution is -0.115. The van der Waals surface area contributed by atoms with Crippen LogP contribution in [0.1, 0.15) is 50.7 Å². The van der Waals surface area contributed by atoms with Crippen LogP contribution < -0.4 is 20.7 Å². The van der Waals surface area contributed by atoms with Gasteiger partial charge in [-0.05, 0) is 62.4 Å². The van der Waals surface area contributed by atoms with Gasteiger partial charge in [-0.25, -0.2) is 0 Å². The number of allylic oxidation sites excluding steroid dienone is 2. The van der Waals surface area contributed by atoms with Crippen molar-refractivity contribution in [3.05, 3.63) is 59.2 Å². The van der Waals surface area contributed by atoms with Gasteiger partial charge in [0, 0.05) is 13.1 Å². The van der Waals surface area contributed by atoms with Gasteiger partial charge in [0.2, 0.25) is 5.91 Å². The lowest BCUT2D eigenvalue weighted by Gasteiger charge is -2.30. The summed E-state index contributed by atoms with van der Waals surface area (Å²) in [5, 5.41) is 2.81. The summed E-state index contributed by atoms with van der Waals surface area (Å²) >= 11 is 0. The Balaban J connectivity index is 1.39. The number of likely N-dealkylation sites (tertiary alicyclic amines) is 1. The van der Waals surface area contributed by atoms with Crippen molar-refractivity contribution < 1.29 is 9.53 Å². The average Bonchev–Trinajstić information content (AvgIpc) is 3.38. The summed E-state index contributed by atoms with van der Waals surface area (Å²) in [5.41, 5.74) is 10.3. The number of anilines is 3. The number of aromatic nitrogens is 2. The van der Waals surface area contributed by atoms with E-state index in [9.17, 15) is 4.79 Å². The van der Waals surface area contributed by atoms with Crippen LogP contribution in [-0.2, 0) is 17.8 Å². The SMILES string of the molecule is CC=C(C=CCc1ccc(CN2CCCC2)cc1)CN1CC(=O)Nc2c(N)nc(OCCCC)nc21. The Morgan fingerprint density at radius 2 is 1.92 bits per heavy atom. The number of carbonyl (C=O) groups excluding carboxylic acids is 1. The number of ether oxygens (including phenoxy) is 1. The third kappa shape index (κ3) is 6.85. The number of nitrogen functional groups attached to an aromatic ring is 1. The first-order valence-corrected chi connectivity index (χ1v) is 13.0. The van der Waals surface area contributed by atoms with Gasteiger partial charge in [0.05, 0.1) is 13.2 Å². The zero-order valence-electron chi connectivity index (χ0n) is 21.5. The van der Waals surface area contributed by atoms with Crippen LogP contribution in [0, 0.1) is 0 Å². The zero-order valence-corrected chi connectivity index (χ0v) is 21.5. The minimum absolute atomic E-state index is 0.133. The Morgan fingerprint density at radius 3 is 2.64 bits per heavy atom. The molecule has 0 saturated carbocycles. The average molecular weight is 491 g/mol. The van der Waals surface area contributed by atoms with E-state index < -0.39 is 0 Å². The molecular formula is C28H38N6O2. The van der Waals surface area contributed by atoms with E-state index in [1.54, 1.807) is 0 Å². The Kier molecular flexibility index (Phi) is 8.95. The van der Waals surface area contributed by atoms with Gasteiger partial charge < -0.3 is 20.7 Å². The Hall–Kier alpha value is -3.39. The molecule has 2 aliphatic heterocycles. The molecule has 1 saturated heterocycles. The third-order valence-corrected chi connectivity index (χ3v) is 6.58. The summed E-state index contributed by atoms with van der Waals surface area (Å²) in [5.74, 6) is 0.677. The normalized spacial score (nSPS) is 16.4. The maximum Gasteiger partial charge on any atom is 0.320 e. The van der Waals surface area contributed by atoms with Gasteiger partial charge >= 0.3 is 6.01 Å². The number of nitrogens with zero attached hydrogens (tertiary/aromatic N) is 4. The van der Waals surface area contributed by atoms with Crippen LogP contribution in [0.4, 0.5) is 17.3 Å². The molecule has 3 N–H and O–H groups in total. The molecular weight excluding hydrogens is 452 g/mol. The summed E-state index contributed by atoms with van der Waals surface area (Å²) in [4.78, 5) is 25.6. The minimum Gasteiger partial charge on any atom is -0.463 e. The van der Waals surface area contributed by atoms with Gasteiger partial charge in [-0.3, -0.25) is 9.69 Å². The monoisotopic (exact) mass is 490 g/mol. The van der Waals surface area contributed by atoms with Crippen molar-refractivity contribution in [2.24, 2.45) is 0 Å². The number of fused-ring (bicyclic) bond motifs is 1. The minimum atomic E-state index is -0.133. The van der Waals surface area contributed by atoms with Crippen molar-refractivity contribution >= 4 is 23.2 Å². The van der Waals surface area contributed by atoms with E-state index in [1.165, 1.54) is 37.1 Å². The van der Waals surface area contributed by atoms with Crippen molar-refractivity contribution in [2.75, 3.05) is 48.7 Å². The number of nitrogens with one attached hydrogen (secondary N) is 1. The van der Waals surface area contributed by atoms with Crippen LogP contribution in [0.15, 0.2) is 48.1 Å². The quantitative estimate of drug-likeness (QED) is 0.357. The molecule has 1 fully saturated rings. The molecule has 0 aliphatic carbocycles. The first kappa shape index (κ1) is 25.7. The lowest BCUT2D eigenvalue weighted by atomic mass is 10.1. The number of rotatable bonds is 11. The van der Waals surface area contributed by atoms with E-state index in [1.807, 2.05) is 11.8 Å². The fourth-order valence-electron chi connectivity index (χ4n) is 4.51. The zero-order chi connectivity index (χ0) is 25.3. The van der Waals surface area contributed by atoms with Crippen molar-refractivity contribution in [3.63, 3.8) is 0 Å². The Labute approximate surface area is 214 Å². The summed E-state index contributed by atoms with van der Waals surface area (Å²) in [6.07, 6.45) is 11.8. The molecule has 0 bridgehead atoms. The van der Waals surface area contributed by atoms with Crippen molar-refractivity contribution in [3.8, 4) is 6.01 Å². The van der Waals surface area contributed by atoms with Crippen LogP contribution >= 0.6 is 0 Å². The highest BCUT2D eigenvalue weighted by atomic mass is 16.5. The standard InChI is InChI=1S/C28H38N6O2/c1-3-5-17-36-28-31-26(29)25-27(32-28)34(20-24(35)30-25)19-21(4-2)9-8-10-22-11-13-23(14-12-22)18-33-15-6-7-16-33/h4,8-9,11-14H,3,5-7,10,15-20H2,1-2H3,(H,30,35)(H2,29,31,32). The van der Waals surface area contributed by atoms with E-state index in [-0.39, 0.29) is 24.3 Å². The Morgan fingerprint density at radius 1 is 1.17 bits per heavy atom. The summed E-state index contributed by atoms with van der Waals surface area (Å²) in [6, 6.07) is 9.16. The molecule has 3 heterocycles. The number of unbranched alkanes of at least 4 members (excludes halogenated alkanes) is 1. The number of amides is 1. The maximum atomic E-state index is 12.4. The smallest absolute Gasteiger partial charge is 0.320 e. The molecule has 2 aromatic rings. The molecule has 8 nitrogen and oxygen atoms in total. The fourth-order valence-corrected chi connectivity index (χ4v) is 4.51. The van der Waals surface area contributed by atoms with E-state index in [0.717, 1.165) is 31.4 Å². The van der Waals surface area contributed by atoms with Crippen LogP contribution in [0.5, 0.6) is 6.01 Å². The van der Waals surface area contributed by atoms with E-state index >= 15 is 0 Å². The molecule has 0 radical (unpaired) electrons. The highest BCUT2D eigenvalue weighted by Crippen LogP contribution is 2.33.